The Hall–Kier alpha value is -3.34. The van der Waals surface area contributed by atoms with E-state index in [4.69, 9.17) is 10.1 Å². The maximum atomic E-state index is 4.74. The highest BCUT2D eigenvalue weighted by Crippen LogP contribution is 2.22. The molecule has 4 rings (SSSR count). The van der Waals surface area contributed by atoms with Crippen molar-refractivity contribution in [3.05, 3.63) is 84.9 Å². The van der Waals surface area contributed by atoms with Crippen LogP contribution in [0, 0.1) is 0 Å². The summed E-state index contributed by atoms with van der Waals surface area (Å²) in [4.78, 5) is 12.9. The summed E-state index contributed by atoms with van der Waals surface area (Å²) in [5, 5.41) is 4.71. The molecule has 0 saturated carbocycles. The van der Waals surface area contributed by atoms with Crippen LogP contribution >= 0.6 is 0 Å². The van der Waals surface area contributed by atoms with Crippen LogP contribution in [0.3, 0.4) is 0 Å². The highest BCUT2D eigenvalue weighted by Gasteiger charge is 2.13. The molecule has 0 bridgehead atoms. The molecular formula is C19H15N5. The summed E-state index contributed by atoms with van der Waals surface area (Å²) < 4.78 is 1.93. The summed E-state index contributed by atoms with van der Waals surface area (Å²) in [7, 11) is 0. The van der Waals surface area contributed by atoms with Crippen LogP contribution in [-0.4, -0.2) is 24.7 Å². The number of rotatable bonds is 4. The predicted molar refractivity (Wildman–Crippen MR) is 92.0 cm³/mol. The monoisotopic (exact) mass is 313 g/mol. The second kappa shape index (κ2) is 6.42. The van der Waals surface area contributed by atoms with Crippen LogP contribution in [-0.2, 0) is 6.54 Å². The van der Waals surface area contributed by atoms with Crippen molar-refractivity contribution in [2.24, 2.45) is 0 Å². The Morgan fingerprint density at radius 3 is 2.00 bits per heavy atom. The largest absolute Gasteiger partial charge is 0.265 e. The van der Waals surface area contributed by atoms with E-state index in [-0.39, 0.29) is 0 Å². The summed E-state index contributed by atoms with van der Waals surface area (Å²) in [6.45, 7) is 0.663. The molecule has 0 unspecified atom stereocenters. The number of nitrogens with zero attached hydrogens (tertiary/aromatic N) is 5. The molecule has 24 heavy (non-hydrogen) atoms. The van der Waals surface area contributed by atoms with E-state index < -0.39 is 0 Å². The van der Waals surface area contributed by atoms with Crippen LogP contribution in [0.15, 0.2) is 79.4 Å². The molecule has 4 aromatic rings. The summed E-state index contributed by atoms with van der Waals surface area (Å²) in [6, 6.07) is 18.0. The maximum Gasteiger partial charge on any atom is 0.181 e. The minimum atomic E-state index is 0.663. The Morgan fingerprint density at radius 1 is 0.708 bits per heavy atom. The van der Waals surface area contributed by atoms with E-state index in [2.05, 4.69) is 22.1 Å². The van der Waals surface area contributed by atoms with Gasteiger partial charge in [-0.15, -0.1) is 0 Å². The van der Waals surface area contributed by atoms with E-state index in [1.807, 2.05) is 47.1 Å². The van der Waals surface area contributed by atoms with Gasteiger partial charge in [0.05, 0.1) is 6.54 Å². The highest BCUT2D eigenvalue weighted by atomic mass is 15.3. The number of aromatic nitrogens is 5. The van der Waals surface area contributed by atoms with Crippen LogP contribution < -0.4 is 0 Å². The molecule has 0 aliphatic carbocycles. The van der Waals surface area contributed by atoms with Gasteiger partial charge in [-0.3, -0.25) is 9.97 Å². The van der Waals surface area contributed by atoms with Gasteiger partial charge in [0.25, 0.3) is 0 Å². The quantitative estimate of drug-likeness (QED) is 0.579. The van der Waals surface area contributed by atoms with Gasteiger partial charge < -0.3 is 0 Å². The zero-order chi connectivity index (χ0) is 16.2. The van der Waals surface area contributed by atoms with Gasteiger partial charge in [-0.25, -0.2) is 9.67 Å². The fourth-order valence-corrected chi connectivity index (χ4v) is 2.55. The van der Waals surface area contributed by atoms with Gasteiger partial charge in [0, 0.05) is 35.9 Å². The van der Waals surface area contributed by atoms with Crippen LogP contribution in [0.2, 0.25) is 0 Å². The molecule has 0 N–H and O–H groups in total. The smallest absolute Gasteiger partial charge is 0.181 e. The fourth-order valence-electron chi connectivity index (χ4n) is 2.55. The van der Waals surface area contributed by atoms with Crippen LogP contribution in [0.1, 0.15) is 5.56 Å². The molecule has 0 saturated heterocycles. The SMILES string of the molecule is c1ccc(Cn2nc(-c3ccncc3)nc2-c2ccncc2)cc1. The highest BCUT2D eigenvalue weighted by molar-refractivity contribution is 5.61. The Morgan fingerprint density at radius 2 is 1.33 bits per heavy atom. The molecule has 5 heteroatoms. The molecule has 0 amide bonds. The lowest BCUT2D eigenvalue weighted by atomic mass is 10.2. The molecule has 0 aliphatic rings. The van der Waals surface area contributed by atoms with Crippen molar-refractivity contribution < 1.29 is 0 Å². The zero-order valence-electron chi connectivity index (χ0n) is 12.9. The standard InChI is InChI=1S/C19H15N5/c1-2-4-15(5-3-1)14-24-19(17-8-12-21-13-9-17)22-18(23-24)16-6-10-20-11-7-16/h1-13H,14H2. The number of hydrogen-bond acceptors (Lipinski definition) is 4. The first kappa shape index (κ1) is 14.3. The van der Waals surface area contributed by atoms with E-state index in [1.54, 1.807) is 24.8 Å². The average molecular weight is 313 g/mol. The topological polar surface area (TPSA) is 56.5 Å². The molecule has 3 aromatic heterocycles. The van der Waals surface area contributed by atoms with Gasteiger partial charge in [-0.1, -0.05) is 30.3 Å². The fraction of sp³-hybridized carbons (Fsp3) is 0.0526. The van der Waals surface area contributed by atoms with E-state index in [9.17, 15) is 0 Å². The second-order valence-corrected chi connectivity index (χ2v) is 5.37. The normalized spacial score (nSPS) is 10.7. The third-order valence-corrected chi connectivity index (χ3v) is 3.72. The molecule has 0 fully saturated rings. The van der Waals surface area contributed by atoms with Gasteiger partial charge in [0.2, 0.25) is 0 Å². The molecule has 1 aromatic carbocycles. The Labute approximate surface area is 139 Å². The van der Waals surface area contributed by atoms with Crippen LogP contribution in [0.4, 0.5) is 0 Å². The summed E-state index contributed by atoms with van der Waals surface area (Å²) in [5.74, 6) is 1.52. The number of pyridine rings is 2. The van der Waals surface area contributed by atoms with Crippen molar-refractivity contribution in [1.82, 2.24) is 24.7 Å². The van der Waals surface area contributed by atoms with Gasteiger partial charge >= 0.3 is 0 Å². The third kappa shape index (κ3) is 2.92. The van der Waals surface area contributed by atoms with Gasteiger partial charge in [-0.05, 0) is 29.8 Å². The van der Waals surface area contributed by atoms with E-state index in [0.717, 1.165) is 17.0 Å². The first-order valence-corrected chi connectivity index (χ1v) is 7.70. The van der Waals surface area contributed by atoms with Crippen molar-refractivity contribution in [1.29, 1.82) is 0 Å². The van der Waals surface area contributed by atoms with E-state index >= 15 is 0 Å². The molecule has 5 nitrogen and oxygen atoms in total. The first-order valence-electron chi connectivity index (χ1n) is 7.70. The van der Waals surface area contributed by atoms with Gasteiger partial charge in [-0.2, -0.15) is 5.10 Å². The Balaban J connectivity index is 1.80. The number of hydrogen-bond donors (Lipinski definition) is 0. The molecule has 0 atom stereocenters. The summed E-state index contributed by atoms with van der Waals surface area (Å²) in [6.07, 6.45) is 7.03. The van der Waals surface area contributed by atoms with Crippen molar-refractivity contribution >= 4 is 0 Å². The lowest BCUT2D eigenvalue weighted by Gasteiger charge is -2.05. The lowest BCUT2D eigenvalue weighted by molar-refractivity contribution is 0.695. The van der Waals surface area contributed by atoms with Crippen LogP contribution in [0.5, 0.6) is 0 Å². The molecule has 116 valence electrons. The van der Waals surface area contributed by atoms with Crippen molar-refractivity contribution in [2.45, 2.75) is 6.54 Å². The molecular weight excluding hydrogens is 298 g/mol. The maximum absolute atomic E-state index is 4.74. The molecule has 0 aliphatic heterocycles. The van der Waals surface area contributed by atoms with Crippen molar-refractivity contribution in [2.75, 3.05) is 0 Å². The predicted octanol–water partition coefficient (Wildman–Crippen LogP) is 3.45. The Bertz CT molecular complexity index is 918. The minimum absolute atomic E-state index is 0.663. The van der Waals surface area contributed by atoms with Crippen molar-refractivity contribution in [3.8, 4) is 22.8 Å². The van der Waals surface area contributed by atoms with Gasteiger partial charge in [0.1, 0.15) is 0 Å². The summed E-state index contributed by atoms with van der Waals surface area (Å²) >= 11 is 0. The second-order valence-electron chi connectivity index (χ2n) is 5.37. The zero-order valence-corrected chi connectivity index (χ0v) is 12.9. The molecule has 3 heterocycles. The number of benzene rings is 1. The third-order valence-electron chi connectivity index (χ3n) is 3.72. The molecule has 0 spiro atoms. The summed E-state index contributed by atoms with van der Waals surface area (Å²) in [5.41, 5.74) is 3.12. The van der Waals surface area contributed by atoms with E-state index in [0.29, 0.717) is 12.4 Å². The average Bonchev–Trinajstić information content (AvgIpc) is 3.08. The molecule has 0 radical (unpaired) electrons. The first-order chi connectivity index (χ1) is 11.9. The van der Waals surface area contributed by atoms with Crippen LogP contribution in [0.25, 0.3) is 22.8 Å². The Kier molecular flexibility index (Phi) is 3.81. The van der Waals surface area contributed by atoms with Crippen molar-refractivity contribution in [3.63, 3.8) is 0 Å². The lowest BCUT2D eigenvalue weighted by Crippen LogP contribution is -2.04. The van der Waals surface area contributed by atoms with Gasteiger partial charge in [0.15, 0.2) is 11.6 Å². The minimum Gasteiger partial charge on any atom is -0.265 e. The van der Waals surface area contributed by atoms with E-state index in [1.165, 1.54) is 5.56 Å².